The van der Waals surface area contributed by atoms with Crippen molar-refractivity contribution in [3.8, 4) is 56.0 Å². The number of phenolic OH excluding ortho intramolecular Hbond substituents is 2. The van der Waals surface area contributed by atoms with E-state index < -0.39 is 24.0 Å². The van der Waals surface area contributed by atoms with Crippen LogP contribution in [0.25, 0.3) is 66.1 Å². The molecule has 0 bridgehead atoms. The Balaban J connectivity index is 0.654. The Bertz CT molecular complexity index is 6340. The number of fused-ring (bicyclic) bond motifs is 10. The Morgan fingerprint density at radius 3 is 0.527 bits per heavy atom. The van der Waals surface area contributed by atoms with Crippen molar-refractivity contribution in [2.45, 2.75) is 486 Å². The van der Waals surface area contributed by atoms with Gasteiger partial charge in [-0.15, -0.1) is 0 Å². The quantitative estimate of drug-likeness (QED) is 0.0391. The molecule has 0 aliphatic heterocycles. The molecule has 792 valence electrons. The molecule has 0 radical (unpaired) electrons. The topological polar surface area (TPSA) is 87.4 Å². The Hall–Kier alpha value is -9.72. The monoisotopic (exact) mass is 2000 g/mol. The lowest BCUT2D eigenvalue weighted by atomic mass is 9.62. The average molecular weight is 2010 g/mol. The van der Waals surface area contributed by atoms with Crippen LogP contribution in [0, 0.1) is 0 Å². The van der Waals surface area contributed by atoms with E-state index in [2.05, 4.69) is 389 Å². The van der Waals surface area contributed by atoms with Gasteiger partial charge in [0.1, 0.15) is 11.5 Å². The number of hydrogen-bond donors (Lipinski definition) is 4. The first-order valence-corrected chi connectivity index (χ1v) is 59.7. The first kappa shape index (κ1) is 106. The summed E-state index contributed by atoms with van der Waals surface area (Å²) < 4.78 is 0. The van der Waals surface area contributed by atoms with E-state index in [4.69, 9.17) is 0 Å². The van der Waals surface area contributed by atoms with Crippen LogP contribution in [0.15, 0.2) is 182 Å². The van der Waals surface area contributed by atoms with Crippen LogP contribution < -0.4 is 9.80 Å². The molecule has 6 heteroatoms. The second-order valence-electron chi connectivity index (χ2n) is 55.5. The van der Waals surface area contributed by atoms with Crippen molar-refractivity contribution in [3.63, 3.8) is 0 Å². The maximum atomic E-state index is 13.0. The van der Waals surface area contributed by atoms with Crippen LogP contribution in [0.3, 0.4) is 0 Å². The van der Waals surface area contributed by atoms with Gasteiger partial charge in [0.05, 0.1) is 12.2 Å². The first-order valence-electron chi connectivity index (χ1n) is 59.7. The standard InChI is InChI=1S/C144H182N2O4/c1-33-137(34-2)79-129(17,18)117-103(137)75-104-118(130(19,20)80-138(104,35-3)36-4)111(117)87-49-59-93(60-50-87)145(94-61-51-88(52-62-94)112-119-105(139(37-5,38-6)81-131(119,21)22)76-106-120(112)132(23,24)82-140(106,39-7)40-8)97-67-71-99-91(73-97)57-69-101(125(99)147)115-127(149)116(128(115)150)102-70-58-92-74-98(68-72-100(92)126(102)148)146(95-63-53-89(54-64-95)113-121-107(141(41-9,42-10)83-133(121,25)26)77-108-122(113)134(27,28)84-142(108,43-11)44-12)96-65-55-90(56-66-96)114-123-109(143(45-13,46-14)85-135(123,29)30)78-110-124(114)136(31,32)86-144(110,47-15)48-16/h49-78,115-116,127-128,147-150H,33-48,79-86H2,1-32H3. The molecule has 0 saturated heterocycles. The smallest absolute Gasteiger partial charge is 0.127 e. The molecule has 12 aromatic rings. The molecule has 0 spiro atoms. The van der Waals surface area contributed by atoms with Crippen molar-refractivity contribution in [2.75, 3.05) is 9.80 Å². The highest BCUT2D eigenvalue weighted by atomic mass is 16.3. The van der Waals surface area contributed by atoms with Crippen LogP contribution >= 0.6 is 0 Å². The fourth-order valence-corrected chi connectivity index (χ4v) is 37.0. The number of phenols is 2. The summed E-state index contributed by atoms with van der Waals surface area (Å²) in [5, 5.41) is 54.8. The van der Waals surface area contributed by atoms with E-state index in [0.717, 1.165) is 199 Å². The molecule has 12 aromatic carbocycles. The van der Waals surface area contributed by atoms with Crippen LogP contribution in [-0.4, -0.2) is 32.6 Å². The summed E-state index contributed by atoms with van der Waals surface area (Å²) in [4.78, 5) is 4.86. The van der Waals surface area contributed by atoms with Crippen molar-refractivity contribution in [1.82, 2.24) is 0 Å². The van der Waals surface area contributed by atoms with Crippen molar-refractivity contribution in [2.24, 2.45) is 0 Å². The molecule has 21 rings (SSSR count). The van der Waals surface area contributed by atoms with Crippen LogP contribution in [-0.2, 0) is 86.6 Å². The number of rotatable bonds is 28. The number of aromatic hydroxyl groups is 2. The number of aliphatic hydroxyl groups excluding tert-OH is 2. The Kier molecular flexibility index (Phi) is 25.4. The summed E-state index contributed by atoms with van der Waals surface area (Å²) >= 11 is 0. The predicted octanol–water partition coefficient (Wildman–Crippen LogP) is 39.5. The summed E-state index contributed by atoms with van der Waals surface area (Å²) in [6.07, 6.45) is 24.8. The Labute approximate surface area is 904 Å². The van der Waals surface area contributed by atoms with E-state index in [9.17, 15) is 20.4 Å². The number of anilines is 6. The summed E-state index contributed by atoms with van der Waals surface area (Å²) in [5.41, 5.74) is 43.8. The van der Waals surface area contributed by atoms with Crippen molar-refractivity contribution in [3.05, 3.63) is 282 Å². The van der Waals surface area contributed by atoms with Gasteiger partial charge in [-0.1, -0.05) is 319 Å². The van der Waals surface area contributed by atoms with Crippen LogP contribution in [0.4, 0.5) is 34.1 Å². The number of hydrogen-bond acceptors (Lipinski definition) is 6. The van der Waals surface area contributed by atoms with Gasteiger partial charge in [-0.2, -0.15) is 0 Å². The van der Waals surface area contributed by atoms with Gasteiger partial charge in [0.2, 0.25) is 0 Å². The molecule has 9 aliphatic carbocycles. The van der Waals surface area contributed by atoms with Gasteiger partial charge in [0, 0.05) is 67.9 Å². The molecular formula is C144H182N2O4. The minimum Gasteiger partial charge on any atom is -0.507 e. The molecular weight excluding hydrogens is 1820 g/mol. The number of nitrogens with zero attached hydrogens (tertiary/aromatic N) is 2. The van der Waals surface area contributed by atoms with E-state index >= 15 is 0 Å². The van der Waals surface area contributed by atoms with Gasteiger partial charge in [-0.3, -0.25) is 0 Å². The second-order valence-corrected chi connectivity index (χ2v) is 55.5. The second kappa shape index (κ2) is 35.9. The largest absolute Gasteiger partial charge is 0.507 e. The summed E-state index contributed by atoms with van der Waals surface area (Å²) in [6, 6.07) is 70.5. The molecule has 6 nitrogen and oxygen atoms in total. The van der Waals surface area contributed by atoms with Gasteiger partial charge in [0.25, 0.3) is 0 Å². The van der Waals surface area contributed by atoms with Gasteiger partial charge < -0.3 is 30.2 Å². The van der Waals surface area contributed by atoms with Crippen molar-refractivity contribution in [1.29, 1.82) is 0 Å². The lowest BCUT2D eigenvalue weighted by Crippen LogP contribution is -2.51. The molecule has 150 heavy (non-hydrogen) atoms. The highest BCUT2D eigenvalue weighted by molar-refractivity contribution is 5.98. The normalized spacial score (nSPS) is 22.8. The van der Waals surface area contributed by atoms with Crippen LogP contribution in [0.2, 0.25) is 0 Å². The minimum atomic E-state index is -1.13. The van der Waals surface area contributed by atoms with E-state index in [0.29, 0.717) is 21.9 Å². The lowest BCUT2D eigenvalue weighted by Gasteiger charge is -2.47. The predicted molar refractivity (Wildman–Crippen MR) is 639 cm³/mol. The Morgan fingerprint density at radius 1 is 0.207 bits per heavy atom. The summed E-state index contributed by atoms with van der Waals surface area (Å²) in [5.74, 6) is -1.59. The molecule has 9 aliphatic rings. The third-order valence-electron chi connectivity index (χ3n) is 44.7. The molecule has 0 aromatic heterocycles. The zero-order chi connectivity index (χ0) is 108. The zero-order valence-electron chi connectivity index (χ0n) is 98.3. The van der Waals surface area contributed by atoms with Crippen LogP contribution in [0.5, 0.6) is 11.5 Å². The van der Waals surface area contributed by atoms with Crippen LogP contribution in [0.1, 0.15) is 488 Å². The molecule has 0 heterocycles. The molecule has 1 fully saturated rings. The first-order chi connectivity index (χ1) is 70.9. The Morgan fingerprint density at radius 2 is 0.367 bits per heavy atom. The van der Waals surface area contributed by atoms with Gasteiger partial charge in [0.15, 0.2) is 0 Å². The third kappa shape index (κ3) is 14.9. The summed E-state index contributed by atoms with van der Waals surface area (Å²) in [7, 11) is 0. The van der Waals surface area contributed by atoms with Crippen molar-refractivity contribution >= 4 is 55.7 Å². The number of benzene rings is 12. The van der Waals surface area contributed by atoms with Gasteiger partial charge in [-0.05, 0) is 470 Å². The minimum absolute atomic E-state index is 0.0338. The fraction of sp³-hybridized carbons (Fsp3) is 0.528. The maximum Gasteiger partial charge on any atom is 0.127 e. The lowest BCUT2D eigenvalue weighted by molar-refractivity contribution is -0.0796. The molecule has 1 saturated carbocycles. The van der Waals surface area contributed by atoms with E-state index in [-0.39, 0.29) is 98.1 Å². The highest BCUT2D eigenvalue weighted by Gasteiger charge is 2.61. The van der Waals surface area contributed by atoms with Gasteiger partial charge >= 0.3 is 0 Å². The maximum absolute atomic E-state index is 13.0. The SMILES string of the molecule is CCC1(CC)CC(C)(C)c2c1cc1c(c2-c2ccc(N(c3ccc(-c4c5c(cc6c4C(C)(C)CC6(CC)CC)C(CC)(CC)CC5(C)C)cc3)c3ccc4c(O)c(C5C(O)C(c6ccc7cc(N(c8ccc(-c9c%10c(cc%11c9C(C)(C)CC%11(CC)CC)C(CC)(CC)CC%10(C)C)cc8)c8ccc(-c9c%10c(cc%11c9C(C)(C)CC%11(CC)CC)C(CC)(CC)CC%10(C)C)cc8)ccc7c6O)C5O)ccc4c3)cc2)C(C)(C)CC1(CC)CC. The highest BCUT2D eigenvalue weighted by Crippen LogP contribution is 2.71. The molecule has 0 amide bonds. The fourth-order valence-electron chi connectivity index (χ4n) is 37.0. The molecule has 0 unspecified atom stereocenters. The van der Waals surface area contributed by atoms with E-state index in [1.54, 1.807) is 89.0 Å². The molecule has 4 N–H and O–H groups in total. The van der Waals surface area contributed by atoms with Crippen molar-refractivity contribution < 1.29 is 20.4 Å². The molecule has 0 atom stereocenters. The third-order valence-corrected chi connectivity index (χ3v) is 44.7. The van der Waals surface area contributed by atoms with E-state index in [1.807, 2.05) is 24.3 Å². The average Bonchev–Trinajstić information content (AvgIpc) is 1.54. The van der Waals surface area contributed by atoms with E-state index in [1.165, 1.54) is 44.5 Å². The number of aliphatic hydroxyl groups is 2. The zero-order valence-corrected chi connectivity index (χ0v) is 98.3. The summed E-state index contributed by atoms with van der Waals surface area (Å²) in [6.45, 7) is 79.6. The van der Waals surface area contributed by atoms with Gasteiger partial charge in [-0.25, -0.2) is 0 Å².